The second-order valence-electron chi connectivity index (χ2n) is 10.9. The van der Waals surface area contributed by atoms with E-state index in [9.17, 15) is 4.79 Å². The molecule has 1 aromatic carbocycles. The average molecular weight is 560 g/mol. The van der Waals surface area contributed by atoms with Crippen molar-refractivity contribution in [1.82, 2.24) is 24.9 Å². The number of nitrogens with one attached hydrogen (secondary N) is 1. The number of benzene rings is 1. The van der Waals surface area contributed by atoms with Crippen LogP contribution in [0.4, 0.5) is 5.95 Å². The van der Waals surface area contributed by atoms with Gasteiger partial charge in [-0.2, -0.15) is 0 Å². The lowest BCUT2D eigenvalue weighted by atomic mass is 9.83. The molecule has 2 aliphatic rings. The molecule has 1 saturated carbocycles. The number of hydrogen-bond donors (Lipinski definition) is 2. The summed E-state index contributed by atoms with van der Waals surface area (Å²) in [7, 11) is 0. The van der Waals surface area contributed by atoms with E-state index in [0.717, 1.165) is 29.5 Å². The van der Waals surface area contributed by atoms with Crippen LogP contribution in [0.1, 0.15) is 54.7 Å². The molecule has 2 fully saturated rings. The number of amides is 1. The summed E-state index contributed by atoms with van der Waals surface area (Å²) >= 11 is 6.36. The summed E-state index contributed by atoms with van der Waals surface area (Å²) in [6.07, 6.45) is 8.09. The number of imidazole rings is 1. The molecule has 1 saturated heterocycles. The monoisotopic (exact) mass is 559 g/mol. The molecule has 1 amide bonds. The van der Waals surface area contributed by atoms with Gasteiger partial charge < -0.3 is 14.2 Å². The molecule has 4 aromatic rings. The third-order valence-corrected chi connectivity index (χ3v) is 8.40. The van der Waals surface area contributed by atoms with Crippen LogP contribution in [0.3, 0.4) is 0 Å². The highest BCUT2D eigenvalue weighted by molar-refractivity contribution is 6.30. The Morgan fingerprint density at radius 1 is 1.12 bits per heavy atom. The third-order valence-electron chi connectivity index (χ3n) is 8.19. The Morgan fingerprint density at radius 2 is 1.93 bits per heavy atom. The van der Waals surface area contributed by atoms with Crippen LogP contribution >= 0.6 is 11.6 Å². The van der Waals surface area contributed by atoms with Gasteiger partial charge >= 0.3 is 0 Å². The van der Waals surface area contributed by atoms with Gasteiger partial charge in [0.05, 0.1) is 41.0 Å². The van der Waals surface area contributed by atoms with Crippen LogP contribution in [0, 0.1) is 11.8 Å². The zero-order valence-corrected chi connectivity index (χ0v) is 23.3. The predicted octanol–water partition coefficient (Wildman–Crippen LogP) is 5.15. The quantitative estimate of drug-likeness (QED) is 0.191. The Balaban J connectivity index is 1.56. The standard InChI is InChI=1S/C30H34ClN7O2/c1-19-7-9-20(10-8-19)17-38-28-24(14-25(29(39)36-32)34-27(28)22-13-23(31)16-33-15-22)35-30(38)37-11-12-40-18-26(37)21-5-3-2-4-6-21/h2-6,13-16,19-20,26H,7-12,17-18,32H2,1H3,(H,36,39)/t19?,20?,26-/m0/s1. The van der Waals surface area contributed by atoms with E-state index in [2.05, 4.69) is 51.1 Å². The number of nitrogen functional groups attached to an aromatic ring is 1. The Labute approximate surface area is 238 Å². The van der Waals surface area contributed by atoms with Crippen molar-refractivity contribution in [3.63, 3.8) is 0 Å². The van der Waals surface area contributed by atoms with Crippen molar-refractivity contribution in [3.05, 3.63) is 71.1 Å². The first kappa shape index (κ1) is 26.7. The summed E-state index contributed by atoms with van der Waals surface area (Å²) in [5.41, 5.74) is 6.45. The van der Waals surface area contributed by atoms with E-state index < -0.39 is 5.91 Å². The van der Waals surface area contributed by atoms with Crippen LogP contribution in [0.5, 0.6) is 0 Å². The largest absolute Gasteiger partial charge is 0.377 e. The van der Waals surface area contributed by atoms with Gasteiger partial charge in [0.25, 0.3) is 5.91 Å². The molecule has 10 heteroatoms. The molecule has 0 unspecified atom stereocenters. The van der Waals surface area contributed by atoms with Gasteiger partial charge in [0, 0.05) is 31.0 Å². The molecule has 3 aromatic heterocycles. The van der Waals surface area contributed by atoms with E-state index in [1.165, 1.54) is 31.2 Å². The highest BCUT2D eigenvalue weighted by Crippen LogP contribution is 2.38. The summed E-state index contributed by atoms with van der Waals surface area (Å²) < 4.78 is 8.26. The summed E-state index contributed by atoms with van der Waals surface area (Å²) in [5, 5.41) is 0.492. The van der Waals surface area contributed by atoms with Crippen molar-refractivity contribution >= 4 is 34.5 Å². The lowest BCUT2D eigenvalue weighted by Gasteiger charge is -2.37. The van der Waals surface area contributed by atoms with Gasteiger partial charge in [0.1, 0.15) is 5.69 Å². The number of hydrazine groups is 1. The summed E-state index contributed by atoms with van der Waals surface area (Å²) in [6.45, 7) is 5.02. The molecule has 3 N–H and O–H groups in total. The van der Waals surface area contributed by atoms with Gasteiger partial charge in [0.2, 0.25) is 5.95 Å². The number of nitrogens with zero attached hydrogens (tertiary/aromatic N) is 5. The number of hydrogen-bond acceptors (Lipinski definition) is 7. The Morgan fingerprint density at radius 3 is 2.67 bits per heavy atom. The summed E-state index contributed by atoms with van der Waals surface area (Å²) in [6, 6.07) is 14.0. The maximum absolute atomic E-state index is 12.7. The second kappa shape index (κ2) is 11.5. The van der Waals surface area contributed by atoms with Crippen molar-refractivity contribution in [1.29, 1.82) is 0 Å². The molecule has 0 radical (unpaired) electrons. The molecule has 208 valence electrons. The minimum Gasteiger partial charge on any atom is -0.377 e. The van der Waals surface area contributed by atoms with Crippen molar-refractivity contribution in [2.45, 2.75) is 45.2 Å². The van der Waals surface area contributed by atoms with E-state index in [0.29, 0.717) is 41.9 Å². The highest BCUT2D eigenvalue weighted by atomic mass is 35.5. The van der Waals surface area contributed by atoms with Crippen LogP contribution in [0.15, 0.2) is 54.9 Å². The molecular weight excluding hydrogens is 526 g/mol. The first-order valence-electron chi connectivity index (χ1n) is 13.9. The maximum atomic E-state index is 12.7. The number of fused-ring (bicyclic) bond motifs is 1. The van der Waals surface area contributed by atoms with Crippen molar-refractivity contribution in [2.24, 2.45) is 17.7 Å². The van der Waals surface area contributed by atoms with Crippen molar-refractivity contribution in [3.8, 4) is 11.3 Å². The fraction of sp³-hybridized carbons (Fsp3) is 0.400. The Bertz CT molecular complexity index is 1500. The number of nitrogens with two attached hydrogens (primary N) is 1. The number of pyridine rings is 2. The van der Waals surface area contributed by atoms with Gasteiger partial charge in [-0.25, -0.2) is 15.8 Å². The third kappa shape index (κ3) is 5.29. The van der Waals surface area contributed by atoms with Crippen molar-refractivity contribution < 1.29 is 9.53 Å². The number of carbonyl (C=O) groups is 1. The van der Waals surface area contributed by atoms with Gasteiger partial charge in [-0.05, 0) is 42.4 Å². The Kier molecular flexibility index (Phi) is 7.69. The normalized spacial score (nSPS) is 21.5. The van der Waals surface area contributed by atoms with Crippen LogP contribution in [-0.2, 0) is 11.3 Å². The van der Waals surface area contributed by atoms with Gasteiger partial charge in [0.15, 0.2) is 0 Å². The number of ether oxygens (including phenoxy) is 1. The molecule has 0 spiro atoms. The SMILES string of the molecule is CC1CCC(Cn2c(N3CCOC[C@H]3c3ccccc3)nc3cc(C(=O)NN)nc(-c4cncc(Cl)c4)c32)CC1. The van der Waals surface area contributed by atoms with E-state index in [4.69, 9.17) is 32.1 Å². The Hall–Kier alpha value is -3.53. The highest BCUT2D eigenvalue weighted by Gasteiger charge is 2.32. The predicted molar refractivity (Wildman–Crippen MR) is 156 cm³/mol. The van der Waals surface area contributed by atoms with Crippen LogP contribution in [-0.4, -0.2) is 45.2 Å². The molecule has 4 heterocycles. The lowest BCUT2D eigenvalue weighted by molar-refractivity contribution is 0.0927. The van der Waals surface area contributed by atoms with E-state index in [-0.39, 0.29) is 11.7 Å². The summed E-state index contributed by atoms with van der Waals surface area (Å²) in [5.74, 6) is 7.15. The smallest absolute Gasteiger partial charge is 0.283 e. The number of carbonyl (C=O) groups excluding carboxylic acids is 1. The minimum absolute atomic E-state index is 0.00736. The molecular formula is C30H34ClN7O2. The first-order chi connectivity index (χ1) is 19.5. The number of anilines is 1. The number of rotatable bonds is 6. The zero-order valence-electron chi connectivity index (χ0n) is 22.6. The van der Waals surface area contributed by atoms with Crippen LogP contribution < -0.4 is 16.2 Å². The van der Waals surface area contributed by atoms with Gasteiger partial charge in [-0.15, -0.1) is 0 Å². The topological polar surface area (TPSA) is 111 Å². The summed E-state index contributed by atoms with van der Waals surface area (Å²) in [4.78, 5) is 29.3. The molecule has 9 nitrogen and oxygen atoms in total. The average Bonchev–Trinajstić information content (AvgIpc) is 3.35. The van der Waals surface area contributed by atoms with E-state index in [1.54, 1.807) is 18.5 Å². The first-order valence-corrected chi connectivity index (χ1v) is 14.3. The molecule has 1 atom stereocenters. The molecule has 6 rings (SSSR count). The van der Waals surface area contributed by atoms with Gasteiger partial charge in [-0.1, -0.05) is 61.7 Å². The molecule has 1 aliphatic heterocycles. The van der Waals surface area contributed by atoms with Crippen LogP contribution in [0.2, 0.25) is 5.02 Å². The van der Waals surface area contributed by atoms with Crippen molar-refractivity contribution in [2.75, 3.05) is 24.7 Å². The van der Waals surface area contributed by atoms with Crippen LogP contribution in [0.25, 0.3) is 22.3 Å². The zero-order chi connectivity index (χ0) is 27.6. The lowest BCUT2D eigenvalue weighted by Crippen LogP contribution is -2.41. The number of halogens is 1. The minimum atomic E-state index is -0.482. The van der Waals surface area contributed by atoms with E-state index in [1.807, 2.05) is 12.1 Å². The fourth-order valence-corrected chi connectivity index (χ4v) is 6.21. The number of morpholine rings is 1. The second-order valence-corrected chi connectivity index (χ2v) is 11.4. The van der Waals surface area contributed by atoms with Gasteiger partial charge in [-0.3, -0.25) is 15.2 Å². The molecule has 40 heavy (non-hydrogen) atoms. The number of aromatic nitrogens is 4. The maximum Gasteiger partial charge on any atom is 0.283 e. The fourth-order valence-electron chi connectivity index (χ4n) is 6.03. The van der Waals surface area contributed by atoms with E-state index >= 15 is 0 Å². The molecule has 1 aliphatic carbocycles. The molecule has 0 bridgehead atoms.